The van der Waals surface area contributed by atoms with Crippen LogP contribution in [0.4, 0.5) is 11.5 Å². The maximum absolute atomic E-state index is 11.7. The quantitative estimate of drug-likeness (QED) is 0.585. The summed E-state index contributed by atoms with van der Waals surface area (Å²) in [6.45, 7) is 0.586. The number of aromatic nitrogens is 3. The lowest BCUT2D eigenvalue weighted by molar-refractivity contribution is -0.384. The summed E-state index contributed by atoms with van der Waals surface area (Å²) in [5.74, 6) is -1.08. The van der Waals surface area contributed by atoms with E-state index in [1.54, 1.807) is 6.07 Å². The topological polar surface area (TPSA) is 135 Å². The van der Waals surface area contributed by atoms with E-state index in [2.05, 4.69) is 10.2 Å². The molecule has 0 saturated carbocycles. The third kappa shape index (κ3) is 3.36. The normalized spacial score (nSPS) is 17.3. The zero-order valence-corrected chi connectivity index (χ0v) is 14.0. The molecule has 10 heteroatoms. The highest BCUT2D eigenvalue weighted by molar-refractivity contribution is 5.91. The Morgan fingerprint density at radius 1 is 1.31 bits per heavy atom. The molecule has 1 aliphatic rings. The van der Waals surface area contributed by atoms with Crippen molar-refractivity contribution in [2.75, 3.05) is 18.1 Å². The van der Waals surface area contributed by atoms with Gasteiger partial charge >= 0.3 is 5.97 Å². The van der Waals surface area contributed by atoms with Gasteiger partial charge in [-0.05, 0) is 31.7 Å². The Labute approximate surface area is 148 Å². The van der Waals surface area contributed by atoms with Gasteiger partial charge in [-0.15, -0.1) is 15.0 Å². The maximum Gasteiger partial charge on any atom is 0.360 e. The Bertz CT molecular complexity index is 819. The van der Waals surface area contributed by atoms with Gasteiger partial charge in [-0.1, -0.05) is 12.1 Å². The molecule has 1 fully saturated rings. The number of aliphatic hydroxyl groups excluding tert-OH is 1. The summed E-state index contributed by atoms with van der Waals surface area (Å²) in [5.41, 5.74) is -0.369. The molecule has 1 atom stereocenters. The molecule has 2 N–H and O–H groups in total. The van der Waals surface area contributed by atoms with Gasteiger partial charge in [0, 0.05) is 25.3 Å². The lowest BCUT2D eigenvalue weighted by atomic mass is 9.99. The summed E-state index contributed by atoms with van der Waals surface area (Å²) in [7, 11) is 0. The first-order valence-electron chi connectivity index (χ1n) is 8.35. The predicted octanol–water partition coefficient (Wildman–Crippen LogP) is 1.61. The molecule has 2 aromatic rings. The standard InChI is InChI=1S/C16H19N5O5/c22-10-8-11-5-3-4-9-19(11)15-14(16(23)24)17-20(18-15)12-6-1-2-7-13(12)21(25)26/h1-2,6-7,11,22H,3-5,8-10H2,(H,23,24). The smallest absolute Gasteiger partial charge is 0.360 e. The average Bonchev–Trinajstić information content (AvgIpc) is 3.08. The van der Waals surface area contributed by atoms with Crippen molar-refractivity contribution in [3.8, 4) is 5.69 Å². The molecule has 138 valence electrons. The van der Waals surface area contributed by atoms with Gasteiger partial charge in [0.25, 0.3) is 5.69 Å². The minimum Gasteiger partial charge on any atom is -0.476 e. The molecule has 1 unspecified atom stereocenters. The van der Waals surface area contributed by atoms with Gasteiger partial charge in [0.05, 0.1) is 4.92 Å². The van der Waals surface area contributed by atoms with Crippen molar-refractivity contribution in [2.45, 2.75) is 31.7 Å². The molecule has 10 nitrogen and oxygen atoms in total. The molecule has 3 rings (SSSR count). The van der Waals surface area contributed by atoms with Gasteiger partial charge in [0.15, 0.2) is 11.5 Å². The van der Waals surface area contributed by atoms with Crippen LogP contribution < -0.4 is 4.90 Å². The second-order valence-corrected chi connectivity index (χ2v) is 6.07. The van der Waals surface area contributed by atoms with Crippen molar-refractivity contribution in [3.63, 3.8) is 0 Å². The molecule has 0 bridgehead atoms. The molecule has 1 saturated heterocycles. The first kappa shape index (κ1) is 17.8. The number of rotatable bonds is 6. The SMILES string of the molecule is O=C(O)c1nn(-c2ccccc2[N+](=O)[O-])nc1N1CCCCC1CCO. The molecular weight excluding hydrogens is 342 g/mol. The number of carboxylic acid groups (broad SMARTS) is 1. The molecule has 1 aliphatic heterocycles. The number of anilines is 1. The fraction of sp³-hybridized carbons (Fsp3) is 0.438. The number of piperidine rings is 1. The highest BCUT2D eigenvalue weighted by Crippen LogP contribution is 2.29. The van der Waals surface area contributed by atoms with E-state index in [1.807, 2.05) is 4.90 Å². The summed E-state index contributed by atoms with van der Waals surface area (Å²) in [5, 5.41) is 38.3. The monoisotopic (exact) mass is 361 g/mol. The minimum atomic E-state index is -1.25. The van der Waals surface area contributed by atoms with E-state index in [0.717, 1.165) is 24.1 Å². The van der Waals surface area contributed by atoms with Crippen LogP contribution in [-0.4, -0.2) is 55.3 Å². The van der Waals surface area contributed by atoms with Crippen LogP contribution in [0.15, 0.2) is 24.3 Å². The van der Waals surface area contributed by atoms with Crippen LogP contribution in [0.1, 0.15) is 36.2 Å². The average molecular weight is 361 g/mol. The van der Waals surface area contributed by atoms with E-state index in [-0.39, 0.29) is 35.5 Å². The molecule has 0 spiro atoms. The number of nitro benzene ring substituents is 1. The first-order chi connectivity index (χ1) is 12.5. The molecule has 2 heterocycles. The third-order valence-corrected chi connectivity index (χ3v) is 4.45. The zero-order chi connectivity index (χ0) is 18.7. The van der Waals surface area contributed by atoms with Crippen LogP contribution in [0, 0.1) is 10.1 Å². The summed E-state index contributed by atoms with van der Waals surface area (Å²) in [4.78, 5) is 25.2. The van der Waals surface area contributed by atoms with E-state index in [1.165, 1.54) is 18.2 Å². The molecule has 0 aliphatic carbocycles. The van der Waals surface area contributed by atoms with Crippen LogP contribution in [0.2, 0.25) is 0 Å². The van der Waals surface area contributed by atoms with E-state index in [4.69, 9.17) is 0 Å². The first-order valence-corrected chi connectivity index (χ1v) is 8.35. The number of carboxylic acids is 1. The molecule has 26 heavy (non-hydrogen) atoms. The van der Waals surface area contributed by atoms with Crippen molar-refractivity contribution in [1.82, 2.24) is 15.0 Å². The summed E-state index contributed by atoms with van der Waals surface area (Å²) >= 11 is 0. The maximum atomic E-state index is 11.7. The molecular formula is C16H19N5O5. The van der Waals surface area contributed by atoms with Gasteiger partial charge in [0.2, 0.25) is 5.69 Å². The fourth-order valence-electron chi connectivity index (χ4n) is 3.25. The Balaban J connectivity index is 2.07. The lowest BCUT2D eigenvalue weighted by Gasteiger charge is -2.35. The van der Waals surface area contributed by atoms with Crippen molar-refractivity contribution in [2.24, 2.45) is 0 Å². The van der Waals surface area contributed by atoms with Gasteiger partial charge < -0.3 is 15.1 Å². The fourth-order valence-corrected chi connectivity index (χ4v) is 3.25. The summed E-state index contributed by atoms with van der Waals surface area (Å²) in [6, 6.07) is 5.86. The Kier molecular flexibility index (Phi) is 5.12. The highest BCUT2D eigenvalue weighted by Gasteiger charge is 2.31. The van der Waals surface area contributed by atoms with Crippen molar-refractivity contribution in [1.29, 1.82) is 0 Å². The van der Waals surface area contributed by atoms with Crippen LogP contribution in [0.5, 0.6) is 0 Å². The molecule has 1 aromatic heterocycles. The highest BCUT2D eigenvalue weighted by atomic mass is 16.6. The molecule has 1 aromatic carbocycles. The summed E-state index contributed by atoms with van der Waals surface area (Å²) < 4.78 is 0. The lowest BCUT2D eigenvalue weighted by Crippen LogP contribution is -2.41. The van der Waals surface area contributed by atoms with Gasteiger partial charge in [-0.25, -0.2) is 4.79 Å². The van der Waals surface area contributed by atoms with Crippen molar-refractivity contribution in [3.05, 3.63) is 40.1 Å². The number of hydrogen-bond acceptors (Lipinski definition) is 7. The minimum absolute atomic E-state index is 0.0120. The number of benzene rings is 1. The summed E-state index contributed by atoms with van der Waals surface area (Å²) in [6.07, 6.45) is 3.18. The van der Waals surface area contributed by atoms with Crippen LogP contribution in [0.3, 0.4) is 0 Å². The second kappa shape index (κ2) is 7.48. The zero-order valence-electron chi connectivity index (χ0n) is 14.0. The van der Waals surface area contributed by atoms with Crippen molar-refractivity contribution >= 4 is 17.5 Å². The van der Waals surface area contributed by atoms with Gasteiger partial charge in [-0.2, -0.15) is 0 Å². The van der Waals surface area contributed by atoms with E-state index in [9.17, 15) is 25.1 Å². The Morgan fingerprint density at radius 3 is 2.77 bits per heavy atom. The number of hydrogen-bond donors (Lipinski definition) is 2. The Hall–Kier alpha value is -3.01. The van der Waals surface area contributed by atoms with E-state index < -0.39 is 10.9 Å². The van der Waals surface area contributed by atoms with Crippen LogP contribution >= 0.6 is 0 Å². The molecule has 0 amide bonds. The van der Waals surface area contributed by atoms with Gasteiger partial charge in [-0.3, -0.25) is 10.1 Å². The van der Waals surface area contributed by atoms with Crippen LogP contribution in [0.25, 0.3) is 5.69 Å². The van der Waals surface area contributed by atoms with Crippen molar-refractivity contribution < 1.29 is 19.9 Å². The number of aliphatic hydroxyl groups is 1. The number of nitrogens with zero attached hydrogens (tertiary/aromatic N) is 5. The largest absolute Gasteiger partial charge is 0.476 e. The third-order valence-electron chi connectivity index (χ3n) is 4.45. The van der Waals surface area contributed by atoms with Gasteiger partial charge in [0.1, 0.15) is 0 Å². The number of para-hydroxylation sites is 2. The van der Waals surface area contributed by atoms with E-state index in [0.29, 0.717) is 13.0 Å². The van der Waals surface area contributed by atoms with Crippen LogP contribution in [-0.2, 0) is 0 Å². The number of carbonyl (C=O) groups is 1. The predicted molar refractivity (Wildman–Crippen MR) is 91.7 cm³/mol. The number of aromatic carboxylic acids is 1. The second-order valence-electron chi connectivity index (χ2n) is 6.07. The van der Waals surface area contributed by atoms with E-state index >= 15 is 0 Å². The molecule has 0 radical (unpaired) electrons. The number of nitro groups is 1. The Morgan fingerprint density at radius 2 is 2.08 bits per heavy atom.